The van der Waals surface area contributed by atoms with E-state index < -0.39 is 24.0 Å². The Bertz CT molecular complexity index is 477. The lowest BCUT2D eigenvalue weighted by atomic mass is 9.80. The second-order valence-corrected chi connectivity index (χ2v) is 4.93. The number of likely N-dealkylation sites (tertiary alicyclic amines) is 2. The zero-order chi connectivity index (χ0) is 13.0. The van der Waals surface area contributed by atoms with Crippen molar-refractivity contribution in [2.75, 3.05) is 26.7 Å². The molecule has 0 aliphatic carbocycles. The van der Waals surface area contributed by atoms with Gasteiger partial charge in [-0.15, -0.1) is 0 Å². The van der Waals surface area contributed by atoms with Gasteiger partial charge < -0.3 is 9.80 Å². The van der Waals surface area contributed by atoms with Gasteiger partial charge in [-0.2, -0.15) is 9.78 Å². The molecule has 6 nitrogen and oxygen atoms in total. The molecule has 0 N–H and O–H groups in total. The summed E-state index contributed by atoms with van der Waals surface area (Å²) in [5.74, 6) is -2.83. The van der Waals surface area contributed by atoms with Crippen molar-refractivity contribution >= 4 is 6.03 Å². The van der Waals surface area contributed by atoms with E-state index in [1.165, 1.54) is 17.6 Å². The molecular weight excluding hydrogens is 244 g/mol. The van der Waals surface area contributed by atoms with E-state index in [0.717, 1.165) is 4.68 Å². The average Bonchev–Trinajstić information content (AvgIpc) is 2.95. The molecule has 2 fully saturated rings. The van der Waals surface area contributed by atoms with Crippen molar-refractivity contribution in [2.45, 2.75) is 17.9 Å². The SMILES string of the molecule is CN1CCC2(C1)N(C(=O)n1cncn1)CC2(F)F. The maximum Gasteiger partial charge on any atom is 0.347 e. The smallest absolute Gasteiger partial charge is 0.304 e. The van der Waals surface area contributed by atoms with Crippen molar-refractivity contribution in [2.24, 2.45) is 0 Å². The Kier molecular flexibility index (Phi) is 2.22. The predicted octanol–water partition coefficient (Wildman–Crippen LogP) is 0.271. The molecule has 2 saturated heterocycles. The molecule has 3 rings (SSSR count). The van der Waals surface area contributed by atoms with Crippen LogP contribution in [-0.2, 0) is 0 Å². The fraction of sp³-hybridized carbons (Fsp3) is 0.700. The Morgan fingerprint density at radius 1 is 1.39 bits per heavy atom. The first-order valence-corrected chi connectivity index (χ1v) is 5.69. The van der Waals surface area contributed by atoms with Crippen molar-refractivity contribution in [3.8, 4) is 0 Å². The maximum atomic E-state index is 13.9. The molecule has 98 valence electrons. The second kappa shape index (κ2) is 3.47. The van der Waals surface area contributed by atoms with Crippen LogP contribution in [-0.4, -0.2) is 68.7 Å². The minimum Gasteiger partial charge on any atom is -0.304 e. The van der Waals surface area contributed by atoms with Crippen LogP contribution in [0.15, 0.2) is 12.7 Å². The number of nitrogens with zero attached hydrogens (tertiary/aromatic N) is 5. The molecule has 1 amide bonds. The van der Waals surface area contributed by atoms with Crippen LogP contribution in [0, 0.1) is 0 Å². The standard InChI is InChI=1S/C10H13F2N5O/c1-15-3-2-9(4-15)10(11,12)5-16(9)8(18)17-7-13-6-14-17/h6-7H,2-5H2,1H3. The normalized spacial score (nSPS) is 30.7. The van der Waals surface area contributed by atoms with E-state index in [2.05, 4.69) is 10.1 Å². The highest BCUT2D eigenvalue weighted by Gasteiger charge is 2.70. The molecule has 2 aliphatic rings. The molecule has 0 bridgehead atoms. The Morgan fingerprint density at radius 2 is 2.17 bits per heavy atom. The Morgan fingerprint density at radius 3 is 2.67 bits per heavy atom. The van der Waals surface area contributed by atoms with E-state index >= 15 is 0 Å². The molecule has 1 unspecified atom stereocenters. The van der Waals surface area contributed by atoms with Gasteiger partial charge in [-0.3, -0.25) is 0 Å². The van der Waals surface area contributed by atoms with E-state index in [9.17, 15) is 13.6 Å². The Balaban J connectivity index is 1.89. The summed E-state index contributed by atoms with van der Waals surface area (Å²) in [6.45, 7) is 0.219. The molecule has 0 aromatic carbocycles. The topological polar surface area (TPSA) is 54.3 Å². The molecule has 0 saturated carbocycles. The number of hydrogen-bond acceptors (Lipinski definition) is 4. The van der Waals surface area contributed by atoms with Crippen LogP contribution in [0.5, 0.6) is 0 Å². The van der Waals surface area contributed by atoms with E-state index in [-0.39, 0.29) is 13.0 Å². The van der Waals surface area contributed by atoms with Crippen LogP contribution >= 0.6 is 0 Å². The highest BCUT2D eigenvalue weighted by Crippen LogP contribution is 2.49. The van der Waals surface area contributed by atoms with Gasteiger partial charge in [0.1, 0.15) is 18.2 Å². The molecule has 8 heteroatoms. The third-order valence-electron chi connectivity index (χ3n) is 3.84. The van der Waals surface area contributed by atoms with E-state index in [0.29, 0.717) is 6.54 Å². The number of hydrogen-bond donors (Lipinski definition) is 0. The highest BCUT2D eigenvalue weighted by molar-refractivity contribution is 5.78. The van der Waals surface area contributed by atoms with Gasteiger partial charge in [-0.25, -0.2) is 18.6 Å². The minimum atomic E-state index is -2.83. The Hall–Kier alpha value is -1.57. The van der Waals surface area contributed by atoms with Crippen LogP contribution in [0.25, 0.3) is 0 Å². The monoisotopic (exact) mass is 257 g/mol. The molecule has 1 atom stereocenters. The number of amides is 1. The number of aromatic nitrogens is 3. The summed E-state index contributed by atoms with van der Waals surface area (Å²) in [4.78, 5) is 18.8. The molecule has 3 heterocycles. The third kappa shape index (κ3) is 1.32. The van der Waals surface area contributed by atoms with Gasteiger partial charge in [0.05, 0.1) is 6.54 Å². The number of carbonyl (C=O) groups is 1. The summed E-state index contributed by atoms with van der Waals surface area (Å²) in [6.07, 6.45) is 2.73. The molecule has 1 aromatic heterocycles. The first-order chi connectivity index (χ1) is 8.46. The fourth-order valence-corrected chi connectivity index (χ4v) is 2.78. The zero-order valence-electron chi connectivity index (χ0n) is 9.88. The van der Waals surface area contributed by atoms with Crippen LogP contribution in [0.3, 0.4) is 0 Å². The van der Waals surface area contributed by atoms with Crippen molar-refractivity contribution < 1.29 is 13.6 Å². The zero-order valence-corrected chi connectivity index (χ0v) is 9.88. The number of likely N-dealkylation sites (N-methyl/N-ethyl adjacent to an activating group) is 1. The summed E-state index contributed by atoms with van der Waals surface area (Å²) in [7, 11) is 1.78. The number of rotatable bonds is 0. The van der Waals surface area contributed by atoms with Gasteiger partial charge in [0, 0.05) is 13.1 Å². The average molecular weight is 257 g/mol. The van der Waals surface area contributed by atoms with E-state index in [4.69, 9.17) is 0 Å². The molecule has 18 heavy (non-hydrogen) atoms. The second-order valence-electron chi connectivity index (χ2n) is 4.93. The summed E-state index contributed by atoms with van der Waals surface area (Å²) >= 11 is 0. The van der Waals surface area contributed by atoms with Crippen LogP contribution in [0.1, 0.15) is 6.42 Å². The first kappa shape index (κ1) is 11.5. The quantitative estimate of drug-likeness (QED) is 0.669. The van der Waals surface area contributed by atoms with Crippen LogP contribution < -0.4 is 0 Å². The minimum absolute atomic E-state index is 0.195. The van der Waals surface area contributed by atoms with Crippen LogP contribution in [0.2, 0.25) is 0 Å². The lowest BCUT2D eigenvalue weighted by molar-refractivity contribution is -0.217. The highest BCUT2D eigenvalue weighted by atomic mass is 19.3. The van der Waals surface area contributed by atoms with E-state index in [1.807, 2.05) is 4.90 Å². The lowest BCUT2D eigenvalue weighted by Crippen LogP contribution is -2.77. The van der Waals surface area contributed by atoms with E-state index in [1.54, 1.807) is 7.05 Å². The summed E-state index contributed by atoms with van der Waals surface area (Å²) in [5.41, 5.74) is -1.37. The van der Waals surface area contributed by atoms with Crippen LogP contribution in [0.4, 0.5) is 13.6 Å². The first-order valence-electron chi connectivity index (χ1n) is 5.69. The molecule has 1 spiro atoms. The predicted molar refractivity (Wildman–Crippen MR) is 57.3 cm³/mol. The molecule has 2 aliphatic heterocycles. The number of alkyl halides is 2. The lowest BCUT2D eigenvalue weighted by Gasteiger charge is -2.55. The van der Waals surface area contributed by atoms with Crippen molar-refractivity contribution in [3.05, 3.63) is 12.7 Å². The summed E-state index contributed by atoms with van der Waals surface area (Å²) in [5, 5.41) is 3.70. The van der Waals surface area contributed by atoms with Gasteiger partial charge in [-0.1, -0.05) is 0 Å². The van der Waals surface area contributed by atoms with Crippen molar-refractivity contribution in [3.63, 3.8) is 0 Å². The third-order valence-corrected chi connectivity index (χ3v) is 3.84. The summed E-state index contributed by atoms with van der Waals surface area (Å²) < 4.78 is 28.7. The maximum absolute atomic E-state index is 13.9. The summed E-state index contributed by atoms with van der Waals surface area (Å²) in [6, 6.07) is -0.534. The molecule has 1 aromatic rings. The molecule has 0 radical (unpaired) electrons. The van der Waals surface area contributed by atoms with Gasteiger partial charge >= 0.3 is 6.03 Å². The fourth-order valence-electron chi connectivity index (χ4n) is 2.78. The van der Waals surface area contributed by atoms with Gasteiger partial charge in [-0.05, 0) is 13.5 Å². The van der Waals surface area contributed by atoms with Crippen molar-refractivity contribution in [1.29, 1.82) is 0 Å². The largest absolute Gasteiger partial charge is 0.347 e. The van der Waals surface area contributed by atoms with Gasteiger partial charge in [0.15, 0.2) is 0 Å². The number of halogens is 2. The number of carbonyl (C=O) groups excluding carboxylic acids is 1. The van der Waals surface area contributed by atoms with Gasteiger partial charge in [0.2, 0.25) is 0 Å². The van der Waals surface area contributed by atoms with Crippen molar-refractivity contribution in [1.82, 2.24) is 24.6 Å². The Labute approximate surface area is 102 Å². The van der Waals surface area contributed by atoms with Gasteiger partial charge in [0.25, 0.3) is 5.92 Å². The molecular formula is C10H13F2N5O.